The molecule has 2 heterocycles. The molecule has 0 aliphatic carbocycles. The molecule has 5 nitrogen and oxygen atoms in total. The first kappa shape index (κ1) is 14.9. The van der Waals surface area contributed by atoms with Gasteiger partial charge in [-0.3, -0.25) is 9.78 Å². The van der Waals surface area contributed by atoms with E-state index in [0.717, 1.165) is 22.2 Å². The highest BCUT2D eigenvalue weighted by atomic mass is 32.1. The van der Waals surface area contributed by atoms with Crippen LogP contribution in [0.5, 0.6) is 0 Å². The summed E-state index contributed by atoms with van der Waals surface area (Å²) in [5, 5.41) is 11.4. The second kappa shape index (κ2) is 6.32. The van der Waals surface area contributed by atoms with Gasteiger partial charge in [-0.2, -0.15) is 0 Å². The molecule has 0 atom stereocenters. The molecule has 0 saturated carbocycles. The zero-order valence-corrected chi connectivity index (χ0v) is 12.4. The van der Waals surface area contributed by atoms with Crippen LogP contribution in [0.4, 0.5) is 5.69 Å². The zero-order chi connectivity index (χ0) is 15.4. The van der Waals surface area contributed by atoms with Crippen molar-refractivity contribution in [3.8, 4) is 0 Å². The monoisotopic (exact) mass is 302 g/mol. The number of aryl methyl sites for hydroxylation is 2. The summed E-state index contributed by atoms with van der Waals surface area (Å²) in [6.07, 6.45) is 4.15. The fourth-order valence-electron chi connectivity index (χ4n) is 1.65. The van der Waals surface area contributed by atoms with Gasteiger partial charge in [0, 0.05) is 16.6 Å². The highest BCUT2D eigenvalue weighted by molar-refractivity contribution is 7.15. The van der Waals surface area contributed by atoms with Gasteiger partial charge in [0.1, 0.15) is 0 Å². The molecule has 2 aromatic rings. The summed E-state index contributed by atoms with van der Waals surface area (Å²) in [5.41, 5.74) is 2.37. The number of aliphatic carboxylic acids is 1. The van der Waals surface area contributed by atoms with Crippen molar-refractivity contribution in [1.29, 1.82) is 0 Å². The van der Waals surface area contributed by atoms with Gasteiger partial charge in [-0.05, 0) is 43.7 Å². The lowest BCUT2D eigenvalue weighted by molar-refractivity contribution is -0.131. The summed E-state index contributed by atoms with van der Waals surface area (Å²) in [4.78, 5) is 28.0. The first-order valence-corrected chi connectivity index (χ1v) is 7.03. The van der Waals surface area contributed by atoms with Crippen LogP contribution in [0.1, 0.15) is 25.8 Å². The molecule has 0 unspecified atom stereocenters. The maximum Gasteiger partial charge on any atom is 0.328 e. The van der Waals surface area contributed by atoms with E-state index < -0.39 is 5.97 Å². The minimum atomic E-state index is -1.01. The number of carbonyl (C=O) groups excluding carboxylic acids is 1. The predicted molar refractivity (Wildman–Crippen MR) is 82.7 cm³/mol. The minimum absolute atomic E-state index is 0.233. The maximum atomic E-state index is 12.1. The molecule has 2 rings (SSSR count). The van der Waals surface area contributed by atoms with E-state index in [4.69, 9.17) is 5.11 Å². The third-order valence-electron chi connectivity index (χ3n) is 2.73. The molecule has 2 aromatic heterocycles. The topological polar surface area (TPSA) is 79.3 Å². The fraction of sp³-hybridized carbons (Fsp3) is 0.133. The fourth-order valence-corrected chi connectivity index (χ4v) is 2.63. The smallest absolute Gasteiger partial charge is 0.328 e. The standard InChI is InChI=1S/C15H14N2O3S/c1-9-7-13(21-12(9)5-6-14(18)19)15(20)17-11-4-3-10(2)16-8-11/h3-8H,1-2H3,(H,17,20)(H,18,19)/b6-5+. The van der Waals surface area contributed by atoms with E-state index in [0.29, 0.717) is 10.6 Å². The number of hydrogen-bond donors (Lipinski definition) is 2. The highest BCUT2D eigenvalue weighted by Crippen LogP contribution is 2.24. The van der Waals surface area contributed by atoms with Crippen molar-refractivity contribution in [2.24, 2.45) is 0 Å². The molecule has 0 saturated heterocycles. The number of nitrogens with zero attached hydrogens (tertiary/aromatic N) is 1. The third kappa shape index (κ3) is 4.00. The van der Waals surface area contributed by atoms with Crippen LogP contribution < -0.4 is 5.32 Å². The average molecular weight is 302 g/mol. The first-order valence-electron chi connectivity index (χ1n) is 6.21. The van der Waals surface area contributed by atoms with E-state index in [1.165, 1.54) is 17.4 Å². The normalized spacial score (nSPS) is 10.8. The Morgan fingerprint density at radius 1 is 1.33 bits per heavy atom. The van der Waals surface area contributed by atoms with E-state index >= 15 is 0 Å². The van der Waals surface area contributed by atoms with Gasteiger partial charge in [0.2, 0.25) is 0 Å². The number of carbonyl (C=O) groups is 2. The van der Waals surface area contributed by atoms with Crippen LogP contribution >= 0.6 is 11.3 Å². The Morgan fingerprint density at radius 2 is 2.10 bits per heavy atom. The van der Waals surface area contributed by atoms with E-state index in [1.54, 1.807) is 18.3 Å². The number of amides is 1. The second-order valence-electron chi connectivity index (χ2n) is 4.47. The van der Waals surface area contributed by atoms with Crippen LogP contribution in [0.25, 0.3) is 6.08 Å². The van der Waals surface area contributed by atoms with E-state index in [-0.39, 0.29) is 5.91 Å². The summed E-state index contributed by atoms with van der Waals surface area (Å²) in [5.74, 6) is -1.25. The molecule has 2 N–H and O–H groups in total. The van der Waals surface area contributed by atoms with Gasteiger partial charge < -0.3 is 10.4 Å². The Kier molecular flexibility index (Phi) is 4.49. The van der Waals surface area contributed by atoms with Crippen molar-refractivity contribution >= 4 is 35.0 Å². The van der Waals surface area contributed by atoms with Crippen molar-refractivity contribution < 1.29 is 14.7 Å². The number of carboxylic acids is 1. The van der Waals surface area contributed by atoms with E-state index in [1.807, 2.05) is 19.9 Å². The molecule has 0 aromatic carbocycles. The molecule has 6 heteroatoms. The van der Waals surface area contributed by atoms with Crippen LogP contribution in [0, 0.1) is 13.8 Å². The van der Waals surface area contributed by atoms with Crippen LogP contribution in [-0.4, -0.2) is 22.0 Å². The molecule has 1 amide bonds. The summed E-state index contributed by atoms with van der Waals surface area (Å²) >= 11 is 1.25. The lowest BCUT2D eigenvalue weighted by Crippen LogP contribution is -2.10. The molecular weight excluding hydrogens is 288 g/mol. The largest absolute Gasteiger partial charge is 0.478 e. The van der Waals surface area contributed by atoms with Crippen LogP contribution in [0.3, 0.4) is 0 Å². The van der Waals surface area contributed by atoms with Gasteiger partial charge in [0.25, 0.3) is 5.91 Å². The molecule has 0 radical (unpaired) electrons. The average Bonchev–Trinajstić information content (AvgIpc) is 2.80. The Bertz CT molecular complexity index is 702. The third-order valence-corrected chi connectivity index (χ3v) is 3.93. The Balaban J connectivity index is 2.14. The van der Waals surface area contributed by atoms with Gasteiger partial charge in [0.05, 0.1) is 16.8 Å². The molecule has 0 aliphatic rings. The number of rotatable bonds is 4. The summed E-state index contributed by atoms with van der Waals surface area (Å²) in [6, 6.07) is 5.34. The number of aromatic nitrogens is 1. The van der Waals surface area contributed by atoms with Crippen LogP contribution in [-0.2, 0) is 4.79 Å². The maximum absolute atomic E-state index is 12.1. The lowest BCUT2D eigenvalue weighted by atomic mass is 10.2. The summed E-state index contributed by atoms with van der Waals surface area (Å²) < 4.78 is 0. The number of anilines is 1. The first-order chi connectivity index (χ1) is 9.95. The highest BCUT2D eigenvalue weighted by Gasteiger charge is 2.11. The van der Waals surface area contributed by atoms with Crippen LogP contribution in [0.15, 0.2) is 30.5 Å². The summed E-state index contributed by atoms with van der Waals surface area (Å²) in [6.45, 7) is 3.71. The minimum Gasteiger partial charge on any atom is -0.478 e. The second-order valence-corrected chi connectivity index (χ2v) is 5.56. The van der Waals surface area contributed by atoms with E-state index in [2.05, 4.69) is 10.3 Å². The van der Waals surface area contributed by atoms with E-state index in [9.17, 15) is 9.59 Å². The predicted octanol–water partition coefficient (Wildman–Crippen LogP) is 3.11. The van der Waals surface area contributed by atoms with Gasteiger partial charge in [-0.25, -0.2) is 4.79 Å². The number of nitrogens with one attached hydrogen (secondary N) is 1. The Labute approximate surface area is 126 Å². The number of hydrogen-bond acceptors (Lipinski definition) is 4. The lowest BCUT2D eigenvalue weighted by Gasteiger charge is -2.02. The summed E-state index contributed by atoms with van der Waals surface area (Å²) in [7, 11) is 0. The van der Waals surface area contributed by atoms with Crippen LogP contribution in [0.2, 0.25) is 0 Å². The number of carboxylic acid groups (broad SMARTS) is 1. The number of thiophene rings is 1. The quantitative estimate of drug-likeness (QED) is 0.850. The van der Waals surface area contributed by atoms with Crippen molar-refractivity contribution in [3.05, 3.63) is 51.5 Å². The van der Waals surface area contributed by atoms with Crippen molar-refractivity contribution in [3.63, 3.8) is 0 Å². The van der Waals surface area contributed by atoms with Crippen molar-refractivity contribution in [1.82, 2.24) is 4.98 Å². The Morgan fingerprint density at radius 3 is 2.71 bits per heavy atom. The SMILES string of the molecule is Cc1ccc(NC(=O)c2cc(C)c(/C=C/C(=O)O)s2)cn1. The molecule has 0 bridgehead atoms. The Hall–Kier alpha value is -2.47. The molecule has 108 valence electrons. The van der Waals surface area contributed by atoms with Gasteiger partial charge in [0.15, 0.2) is 0 Å². The zero-order valence-electron chi connectivity index (χ0n) is 11.6. The van der Waals surface area contributed by atoms with Crippen molar-refractivity contribution in [2.75, 3.05) is 5.32 Å². The number of pyridine rings is 1. The van der Waals surface area contributed by atoms with Gasteiger partial charge >= 0.3 is 5.97 Å². The van der Waals surface area contributed by atoms with Crippen molar-refractivity contribution in [2.45, 2.75) is 13.8 Å². The van der Waals surface area contributed by atoms with Gasteiger partial charge in [-0.15, -0.1) is 11.3 Å². The molecule has 0 fully saturated rings. The molecular formula is C15H14N2O3S. The molecule has 0 spiro atoms. The molecule has 0 aliphatic heterocycles. The van der Waals surface area contributed by atoms with Gasteiger partial charge in [-0.1, -0.05) is 0 Å². The molecule has 21 heavy (non-hydrogen) atoms.